The molecule has 1 aliphatic heterocycles. The van der Waals surface area contributed by atoms with Crippen molar-refractivity contribution in [2.75, 3.05) is 20.2 Å². The zero-order valence-electron chi connectivity index (χ0n) is 12.3. The van der Waals surface area contributed by atoms with E-state index in [9.17, 15) is 4.79 Å². The molecule has 1 aromatic heterocycles. The Morgan fingerprint density at radius 1 is 1.36 bits per heavy atom. The Morgan fingerprint density at radius 3 is 2.95 bits per heavy atom. The first kappa shape index (κ1) is 14.7. The predicted octanol–water partition coefficient (Wildman–Crippen LogP) is 3.06. The summed E-state index contributed by atoms with van der Waals surface area (Å²) in [6, 6.07) is 9.55. The Kier molecular flexibility index (Phi) is 4.44. The number of nitrogens with zero attached hydrogens (tertiary/aromatic N) is 1. The summed E-state index contributed by atoms with van der Waals surface area (Å²) in [6.07, 6.45) is 3.25. The Balaban J connectivity index is 1.56. The van der Waals surface area contributed by atoms with Crippen molar-refractivity contribution in [3.8, 4) is 11.5 Å². The van der Waals surface area contributed by atoms with Crippen molar-refractivity contribution in [3.63, 3.8) is 0 Å². The van der Waals surface area contributed by atoms with E-state index in [1.807, 2.05) is 47.2 Å². The number of hydrogen-bond acceptors (Lipinski definition) is 4. The molecular formula is C17H17NO3S. The minimum Gasteiger partial charge on any atom is -0.486 e. The molecule has 0 spiro atoms. The van der Waals surface area contributed by atoms with Crippen molar-refractivity contribution in [3.05, 3.63) is 52.7 Å². The number of carbonyl (C=O) groups is 1. The molecule has 5 heteroatoms. The summed E-state index contributed by atoms with van der Waals surface area (Å²) in [7, 11) is 1.77. The molecular weight excluding hydrogens is 298 g/mol. The molecule has 0 radical (unpaired) electrons. The number of likely N-dealkylation sites (N-methyl/N-ethyl adjacent to an activating group) is 1. The SMILES string of the molecule is CN(CC1COc2ccccc2O1)C(=O)C=Cc1ccsc1. The van der Waals surface area contributed by atoms with Crippen LogP contribution in [0, 0.1) is 0 Å². The average Bonchev–Trinajstić information content (AvgIpc) is 3.06. The summed E-state index contributed by atoms with van der Waals surface area (Å²) >= 11 is 1.61. The Morgan fingerprint density at radius 2 is 2.18 bits per heavy atom. The molecule has 0 saturated heterocycles. The molecule has 1 aromatic carbocycles. The molecule has 0 aliphatic carbocycles. The van der Waals surface area contributed by atoms with Crippen LogP contribution in [0.5, 0.6) is 11.5 Å². The van der Waals surface area contributed by atoms with Crippen molar-refractivity contribution < 1.29 is 14.3 Å². The number of para-hydroxylation sites is 2. The first-order valence-electron chi connectivity index (χ1n) is 7.06. The molecule has 4 nitrogen and oxygen atoms in total. The zero-order valence-corrected chi connectivity index (χ0v) is 13.1. The van der Waals surface area contributed by atoms with Crippen LogP contribution in [0.1, 0.15) is 5.56 Å². The molecule has 0 N–H and O–H groups in total. The lowest BCUT2D eigenvalue weighted by molar-refractivity contribution is -0.126. The lowest BCUT2D eigenvalue weighted by Gasteiger charge is -2.29. The summed E-state index contributed by atoms with van der Waals surface area (Å²) < 4.78 is 11.5. The Bertz CT molecular complexity index is 666. The van der Waals surface area contributed by atoms with E-state index in [2.05, 4.69) is 0 Å². The molecule has 2 aromatic rings. The maximum Gasteiger partial charge on any atom is 0.246 e. The van der Waals surface area contributed by atoms with E-state index in [1.54, 1.807) is 29.4 Å². The molecule has 22 heavy (non-hydrogen) atoms. The summed E-state index contributed by atoms with van der Waals surface area (Å²) in [6.45, 7) is 0.935. The maximum absolute atomic E-state index is 12.1. The van der Waals surface area contributed by atoms with E-state index in [1.165, 1.54) is 0 Å². The molecule has 0 saturated carbocycles. The van der Waals surface area contributed by atoms with Gasteiger partial charge in [-0.05, 0) is 40.6 Å². The minimum atomic E-state index is -0.154. The van der Waals surface area contributed by atoms with Crippen LogP contribution in [0.15, 0.2) is 47.2 Å². The smallest absolute Gasteiger partial charge is 0.246 e. The summed E-state index contributed by atoms with van der Waals surface area (Å²) in [4.78, 5) is 13.7. The van der Waals surface area contributed by atoms with Crippen LogP contribution < -0.4 is 9.47 Å². The van der Waals surface area contributed by atoms with Crippen LogP contribution in [0.2, 0.25) is 0 Å². The van der Waals surface area contributed by atoms with E-state index in [4.69, 9.17) is 9.47 Å². The van der Waals surface area contributed by atoms with E-state index >= 15 is 0 Å². The van der Waals surface area contributed by atoms with Crippen molar-refractivity contribution in [2.45, 2.75) is 6.10 Å². The van der Waals surface area contributed by atoms with Gasteiger partial charge in [-0.25, -0.2) is 0 Å². The van der Waals surface area contributed by atoms with Gasteiger partial charge in [-0.15, -0.1) is 0 Å². The summed E-state index contributed by atoms with van der Waals surface area (Å²) in [5.74, 6) is 1.44. The number of amides is 1. The second kappa shape index (κ2) is 6.66. The first-order chi connectivity index (χ1) is 10.7. The second-order valence-electron chi connectivity index (χ2n) is 5.11. The minimum absolute atomic E-state index is 0.0475. The molecule has 1 atom stereocenters. The Labute approximate surface area is 133 Å². The average molecular weight is 315 g/mol. The van der Waals surface area contributed by atoms with Gasteiger partial charge in [0, 0.05) is 13.1 Å². The van der Waals surface area contributed by atoms with Crippen LogP contribution >= 0.6 is 11.3 Å². The number of carbonyl (C=O) groups excluding carboxylic acids is 1. The fourth-order valence-electron chi connectivity index (χ4n) is 2.21. The number of thiophene rings is 1. The Hall–Kier alpha value is -2.27. The molecule has 2 heterocycles. The highest BCUT2D eigenvalue weighted by atomic mass is 32.1. The largest absolute Gasteiger partial charge is 0.486 e. The molecule has 3 rings (SSSR count). The van der Waals surface area contributed by atoms with Gasteiger partial charge in [0.1, 0.15) is 6.61 Å². The monoisotopic (exact) mass is 315 g/mol. The van der Waals surface area contributed by atoms with Gasteiger partial charge in [0.15, 0.2) is 17.6 Å². The lowest BCUT2D eigenvalue weighted by atomic mass is 10.2. The van der Waals surface area contributed by atoms with E-state index in [0.29, 0.717) is 13.2 Å². The van der Waals surface area contributed by atoms with Crippen LogP contribution in [0.25, 0.3) is 6.08 Å². The summed E-state index contributed by atoms with van der Waals surface area (Å²) in [5.41, 5.74) is 1.04. The molecule has 1 unspecified atom stereocenters. The van der Waals surface area contributed by atoms with Crippen LogP contribution in [0.3, 0.4) is 0 Å². The van der Waals surface area contributed by atoms with Crippen molar-refractivity contribution >= 4 is 23.3 Å². The van der Waals surface area contributed by atoms with Gasteiger partial charge in [0.2, 0.25) is 5.91 Å². The summed E-state index contributed by atoms with van der Waals surface area (Å²) in [5, 5.41) is 3.98. The highest BCUT2D eigenvalue weighted by Crippen LogP contribution is 2.30. The van der Waals surface area contributed by atoms with Crippen molar-refractivity contribution in [1.29, 1.82) is 0 Å². The fourth-order valence-corrected chi connectivity index (χ4v) is 2.84. The van der Waals surface area contributed by atoms with Gasteiger partial charge in [0.05, 0.1) is 6.54 Å². The third-order valence-corrected chi connectivity index (χ3v) is 4.08. The van der Waals surface area contributed by atoms with Crippen molar-refractivity contribution in [1.82, 2.24) is 4.90 Å². The standard InChI is InChI=1S/C17H17NO3S/c1-18(17(19)7-6-13-8-9-22-12-13)10-14-11-20-15-4-2-3-5-16(15)21-14/h2-9,12,14H,10-11H2,1H3. The molecule has 0 fully saturated rings. The van der Waals surface area contributed by atoms with E-state index in [-0.39, 0.29) is 12.0 Å². The highest BCUT2D eigenvalue weighted by molar-refractivity contribution is 7.08. The first-order valence-corrected chi connectivity index (χ1v) is 8.00. The maximum atomic E-state index is 12.1. The zero-order chi connectivity index (χ0) is 15.4. The van der Waals surface area contributed by atoms with Crippen LogP contribution in [0.4, 0.5) is 0 Å². The van der Waals surface area contributed by atoms with Gasteiger partial charge < -0.3 is 14.4 Å². The molecule has 1 amide bonds. The van der Waals surface area contributed by atoms with Gasteiger partial charge >= 0.3 is 0 Å². The number of fused-ring (bicyclic) bond motifs is 1. The predicted molar refractivity (Wildman–Crippen MR) is 87.3 cm³/mol. The third kappa shape index (κ3) is 3.49. The number of rotatable bonds is 4. The second-order valence-corrected chi connectivity index (χ2v) is 5.89. The topological polar surface area (TPSA) is 38.8 Å². The van der Waals surface area contributed by atoms with Crippen LogP contribution in [-0.2, 0) is 4.79 Å². The molecule has 0 bridgehead atoms. The fraction of sp³-hybridized carbons (Fsp3) is 0.235. The van der Waals surface area contributed by atoms with Crippen LogP contribution in [-0.4, -0.2) is 37.1 Å². The number of ether oxygens (including phenoxy) is 2. The van der Waals surface area contributed by atoms with Gasteiger partial charge in [-0.1, -0.05) is 12.1 Å². The lowest BCUT2D eigenvalue weighted by Crippen LogP contribution is -2.41. The van der Waals surface area contributed by atoms with Crippen molar-refractivity contribution in [2.24, 2.45) is 0 Å². The van der Waals surface area contributed by atoms with Gasteiger partial charge in [-0.3, -0.25) is 4.79 Å². The third-order valence-electron chi connectivity index (χ3n) is 3.38. The van der Waals surface area contributed by atoms with Gasteiger partial charge in [0.25, 0.3) is 0 Å². The quantitative estimate of drug-likeness (QED) is 0.814. The normalized spacial score (nSPS) is 16.7. The molecule has 1 aliphatic rings. The highest BCUT2D eigenvalue weighted by Gasteiger charge is 2.22. The number of benzene rings is 1. The number of hydrogen-bond donors (Lipinski definition) is 0. The van der Waals surface area contributed by atoms with E-state index in [0.717, 1.165) is 17.1 Å². The van der Waals surface area contributed by atoms with E-state index < -0.39 is 0 Å². The van der Waals surface area contributed by atoms with Gasteiger partial charge in [-0.2, -0.15) is 11.3 Å². The molecule has 114 valence electrons.